The summed E-state index contributed by atoms with van der Waals surface area (Å²) in [6.45, 7) is 13.2. The standard InChI is InChI=1S/C26H34F2N2O3.C2H6/c1-6-7-17(2)21(18(3)33-5)14-30-11-10-25(15-26(27,28)16-25)13-23(30)19-8-9-20(24(31)32)22(12-19)29-4;1-2/h6-9,12,23,29H,2,10-11,13-16H2,1,3-5H3,(H,31,32);1-2H3/b7-6-,21-18+;. The van der Waals surface area contributed by atoms with Gasteiger partial charge in [-0.15, -0.1) is 0 Å². The summed E-state index contributed by atoms with van der Waals surface area (Å²) in [4.78, 5) is 13.9. The molecule has 1 saturated heterocycles. The molecule has 194 valence electrons. The van der Waals surface area contributed by atoms with Gasteiger partial charge in [-0.1, -0.05) is 38.6 Å². The number of rotatable bonds is 8. The number of piperidine rings is 1. The molecule has 35 heavy (non-hydrogen) atoms. The molecular formula is C28H40F2N2O3. The first-order valence-corrected chi connectivity index (χ1v) is 12.3. The van der Waals surface area contributed by atoms with Crippen LogP contribution in [0.2, 0.25) is 0 Å². The van der Waals surface area contributed by atoms with E-state index in [0.717, 1.165) is 22.5 Å². The van der Waals surface area contributed by atoms with E-state index in [9.17, 15) is 18.7 Å². The molecule has 0 aromatic heterocycles. The maximum atomic E-state index is 13.9. The smallest absolute Gasteiger partial charge is 0.337 e. The summed E-state index contributed by atoms with van der Waals surface area (Å²) in [7, 11) is 3.31. The first kappa shape index (κ1) is 28.6. The largest absolute Gasteiger partial charge is 0.501 e. The number of carboxylic acids is 1. The highest BCUT2D eigenvalue weighted by molar-refractivity contribution is 5.94. The highest BCUT2D eigenvalue weighted by Gasteiger charge is 2.58. The van der Waals surface area contributed by atoms with Gasteiger partial charge in [-0.3, -0.25) is 4.90 Å². The van der Waals surface area contributed by atoms with Crippen LogP contribution < -0.4 is 5.32 Å². The lowest BCUT2D eigenvalue weighted by atomic mass is 9.59. The van der Waals surface area contributed by atoms with Crippen molar-refractivity contribution in [1.29, 1.82) is 0 Å². The Morgan fingerprint density at radius 1 is 1.34 bits per heavy atom. The molecule has 1 saturated carbocycles. The summed E-state index contributed by atoms with van der Waals surface area (Å²) < 4.78 is 33.3. The van der Waals surface area contributed by atoms with Crippen LogP contribution in [-0.4, -0.2) is 49.1 Å². The van der Waals surface area contributed by atoms with E-state index in [2.05, 4.69) is 16.8 Å². The van der Waals surface area contributed by atoms with Crippen LogP contribution in [-0.2, 0) is 4.74 Å². The van der Waals surface area contributed by atoms with Gasteiger partial charge in [-0.25, -0.2) is 13.6 Å². The normalized spacial score (nSPS) is 21.4. The van der Waals surface area contributed by atoms with Gasteiger partial charge in [0.05, 0.1) is 18.4 Å². The minimum absolute atomic E-state index is 0.0818. The molecule has 0 bridgehead atoms. The third kappa shape index (κ3) is 6.51. The Kier molecular flexibility index (Phi) is 9.67. The van der Waals surface area contributed by atoms with Crippen LogP contribution in [0, 0.1) is 5.41 Å². The van der Waals surface area contributed by atoms with E-state index >= 15 is 0 Å². The van der Waals surface area contributed by atoms with Gasteiger partial charge < -0.3 is 15.2 Å². The number of carboxylic acid groups (broad SMARTS) is 1. The zero-order valence-corrected chi connectivity index (χ0v) is 21.9. The third-order valence-electron chi connectivity index (χ3n) is 7.04. The van der Waals surface area contributed by atoms with Crippen molar-refractivity contribution in [3.8, 4) is 0 Å². The van der Waals surface area contributed by atoms with Gasteiger partial charge in [0, 0.05) is 43.7 Å². The fraction of sp³-hybridized carbons (Fsp3) is 0.536. The molecule has 2 N–H and O–H groups in total. The lowest BCUT2D eigenvalue weighted by Gasteiger charge is -2.55. The van der Waals surface area contributed by atoms with Gasteiger partial charge >= 0.3 is 5.97 Å². The second kappa shape index (κ2) is 11.8. The number of hydrogen-bond donors (Lipinski definition) is 2. The van der Waals surface area contributed by atoms with Crippen LogP contribution in [0.1, 0.15) is 75.3 Å². The van der Waals surface area contributed by atoms with E-state index in [4.69, 9.17) is 4.74 Å². The van der Waals surface area contributed by atoms with E-state index in [-0.39, 0.29) is 29.9 Å². The maximum Gasteiger partial charge on any atom is 0.337 e. The Labute approximate surface area is 208 Å². The Balaban J connectivity index is 0.00000210. The molecular weight excluding hydrogens is 450 g/mol. The zero-order valence-electron chi connectivity index (χ0n) is 21.9. The minimum atomic E-state index is -2.59. The number of alkyl halides is 2. The molecule has 3 rings (SSSR count). The summed E-state index contributed by atoms with van der Waals surface area (Å²) >= 11 is 0. The maximum absolute atomic E-state index is 13.9. The van der Waals surface area contributed by atoms with Crippen molar-refractivity contribution in [2.75, 3.05) is 32.6 Å². The number of nitrogens with zero attached hydrogens (tertiary/aromatic N) is 1. The summed E-state index contributed by atoms with van der Waals surface area (Å²) in [5.41, 5.74) is 3.06. The summed E-state index contributed by atoms with van der Waals surface area (Å²) in [5, 5.41) is 12.5. The zero-order chi connectivity index (χ0) is 26.4. The molecule has 5 nitrogen and oxygen atoms in total. The number of benzene rings is 1. The van der Waals surface area contributed by atoms with Crippen molar-refractivity contribution in [2.45, 2.75) is 65.3 Å². The molecule has 1 aromatic rings. The average molecular weight is 491 g/mol. The van der Waals surface area contributed by atoms with Crippen molar-refractivity contribution in [3.05, 3.63) is 65.0 Å². The molecule has 1 heterocycles. The topological polar surface area (TPSA) is 61.8 Å². The van der Waals surface area contributed by atoms with E-state index in [1.165, 1.54) is 0 Å². The van der Waals surface area contributed by atoms with E-state index < -0.39 is 11.9 Å². The van der Waals surface area contributed by atoms with Crippen LogP contribution in [0.4, 0.5) is 14.5 Å². The number of nitrogens with one attached hydrogen (secondary N) is 1. The van der Waals surface area contributed by atoms with E-state index in [0.29, 0.717) is 31.6 Å². The predicted molar refractivity (Wildman–Crippen MR) is 138 cm³/mol. The summed E-state index contributed by atoms with van der Waals surface area (Å²) in [6.07, 6.45) is 5.01. The first-order valence-electron chi connectivity index (χ1n) is 12.3. The molecule has 0 amide bonds. The second-order valence-corrected chi connectivity index (χ2v) is 9.27. The number of methoxy groups -OCH3 is 1. The molecule has 1 aliphatic carbocycles. The Hall–Kier alpha value is -2.67. The third-order valence-corrected chi connectivity index (χ3v) is 7.04. The Bertz CT molecular complexity index is 976. The van der Waals surface area contributed by atoms with Gasteiger partial charge in [-0.2, -0.15) is 0 Å². The van der Waals surface area contributed by atoms with Crippen LogP contribution in [0.25, 0.3) is 0 Å². The quantitative estimate of drug-likeness (QED) is 0.302. The van der Waals surface area contributed by atoms with Crippen molar-refractivity contribution >= 4 is 11.7 Å². The lowest BCUT2D eigenvalue weighted by molar-refractivity contribution is -0.185. The molecule has 1 atom stereocenters. The van der Waals surface area contributed by atoms with Gasteiger partial charge in [0.2, 0.25) is 5.92 Å². The Morgan fingerprint density at radius 2 is 2.00 bits per heavy atom. The number of aromatic carboxylic acids is 1. The van der Waals surface area contributed by atoms with Crippen molar-refractivity contribution in [1.82, 2.24) is 4.90 Å². The lowest BCUT2D eigenvalue weighted by Crippen LogP contribution is -2.53. The molecule has 0 radical (unpaired) electrons. The molecule has 1 unspecified atom stereocenters. The second-order valence-electron chi connectivity index (χ2n) is 9.27. The van der Waals surface area contributed by atoms with E-state index in [1.54, 1.807) is 20.2 Å². The molecule has 2 fully saturated rings. The van der Waals surface area contributed by atoms with Crippen LogP contribution in [0.3, 0.4) is 0 Å². The number of likely N-dealkylation sites (tertiary alicyclic amines) is 1. The Morgan fingerprint density at radius 3 is 2.51 bits per heavy atom. The van der Waals surface area contributed by atoms with Gasteiger partial charge in [-0.05, 0) is 61.9 Å². The number of allylic oxidation sites excluding steroid dienone is 3. The highest BCUT2D eigenvalue weighted by Crippen LogP contribution is 2.60. The van der Waals surface area contributed by atoms with E-state index in [1.807, 2.05) is 52.0 Å². The fourth-order valence-corrected chi connectivity index (χ4v) is 5.29. The van der Waals surface area contributed by atoms with Crippen molar-refractivity contribution in [3.63, 3.8) is 0 Å². The number of carbonyl (C=O) groups is 1. The van der Waals surface area contributed by atoms with Crippen LogP contribution in [0.15, 0.2) is 53.8 Å². The molecule has 1 aromatic carbocycles. The predicted octanol–water partition coefficient (Wildman–Crippen LogP) is 7.06. The van der Waals surface area contributed by atoms with Gasteiger partial charge in [0.25, 0.3) is 0 Å². The number of hydrogen-bond acceptors (Lipinski definition) is 4. The summed E-state index contributed by atoms with van der Waals surface area (Å²) in [5.74, 6) is -2.83. The minimum Gasteiger partial charge on any atom is -0.501 e. The number of anilines is 1. The summed E-state index contributed by atoms with van der Waals surface area (Å²) in [6, 6.07) is 5.12. The number of ether oxygens (including phenoxy) is 1. The first-order chi connectivity index (χ1) is 16.5. The van der Waals surface area contributed by atoms with Crippen molar-refractivity contribution in [2.24, 2.45) is 5.41 Å². The van der Waals surface area contributed by atoms with Gasteiger partial charge in [0.15, 0.2) is 0 Å². The monoisotopic (exact) mass is 490 g/mol. The van der Waals surface area contributed by atoms with Gasteiger partial charge in [0.1, 0.15) is 0 Å². The van der Waals surface area contributed by atoms with Crippen LogP contribution >= 0.6 is 0 Å². The van der Waals surface area contributed by atoms with Crippen molar-refractivity contribution < 1.29 is 23.4 Å². The highest BCUT2D eigenvalue weighted by atomic mass is 19.3. The SMILES string of the molecule is C=C(/C=C\C)/C(CN1CCC2(CC1c1ccc(C(=O)O)c(NC)c1)CC(F)(F)C2)=C(\C)OC.CC. The molecule has 1 spiro atoms. The molecule has 7 heteroatoms. The fourth-order valence-electron chi connectivity index (χ4n) is 5.29. The average Bonchev–Trinajstić information content (AvgIpc) is 2.82. The molecule has 2 aliphatic rings. The number of halogens is 2. The molecule has 1 aliphatic heterocycles. The van der Waals surface area contributed by atoms with Crippen LogP contribution in [0.5, 0.6) is 0 Å².